The maximum Gasteiger partial charge on any atom is 0.224 e. The molecule has 6 atom stereocenters. The van der Waals surface area contributed by atoms with Crippen LogP contribution in [-0.2, 0) is 15.9 Å². The van der Waals surface area contributed by atoms with Gasteiger partial charge < -0.3 is 34.6 Å². The lowest BCUT2D eigenvalue weighted by Gasteiger charge is -2.47. The summed E-state index contributed by atoms with van der Waals surface area (Å²) >= 11 is 6.46. The van der Waals surface area contributed by atoms with Crippen LogP contribution in [0.2, 0.25) is 0 Å². The molecule has 2 bridgehead atoms. The number of fused-ring (bicyclic) bond motifs is 2. The summed E-state index contributed by atoms with van der Waals surface area (Å²) in [6, 6.07) is 7.76. The van der Waals surface area contributed by atoms with Crippen molar-refractivity contribution < 1.29 is 34.6 Å². The summed E-state index contributed by atoms with van der Waals surface area (Å²) in [7, 11) is 0. The third kappa shape index (κ3) is 4.39. The first-order valence-electron chi connectivity index (χ1n) is 10.6. The van der Waals surface area contributed by atoms with Crippen LogP contribution < -0.4 is 4.74 Å². The van der Waals surface area contributed by atoms with Gasteiger partial charge in [-0.05, 0) is 51.0 Å². The van der Waals surface area contributed by atoms with Crippen LogP contribution in [0.3, 0.4) is 0 Å². The summed E-state index contributed by atoms with van der Waals surface area (Å²) in [6.45, 7) is 9.58. The van der Waals surface area contributed by atoms with Crippen molar-refractivity contribution in [3.8, 4) is 5.75 Å². The molecule has 1 aromatic rings. The minimum absolute atomic E-state index is 0.200. The molecular weight excluding hydrogens is 436 g/mol. The van der Waals surface area contributed by atoms with Crippen molar-refractivity contribution in [2.45, 2.75) is 63.0 Å². The Morgan fingerprint density at radius 3 is 2.50 bits per heavy atom. The lowest BCUT2D eigenvalue weighted by molar-refractivity contribution is -0.313. The van der Waals surface area contributed by atoms with E-state index in [2.05, 4.69) is 6.58 Å². The molecule has 0 aromatic heterocycles. The highest BCUT2D eigenvalue weighted by Gasteiger charge is 2.68. The van der Waals surface area contributed by atoms with Gasteiger partial charge in [-0.2, -0.15) is 0 Å². The number of rotatable bonds is 8. The van der Waals surface area contributed by atoms with Gasteiger partial charge in [0, 0.05) is 10.6 Å². The third-order valence-electron chi connectivity index (χ3n) is 6.09. The van der Waals surface area contributed by atoms with Gasteiger partial charge in [0.1, 0.15) is 29.7 Å². The lowest BCUT2D eigenvalue weighted by Crippen LogP contribution is -2.68. The van der Waals surface area contributed by atoms with E-state index in [-0.39, 0.29) is 12.2 Å². The molecule has 2 heterocycles. The number of benzene rings is 1. The average Bonchev–Trinajstić information content (AvgIpc) is 3.17. The molecule has 0 aliphatic carbocycles. The van der Waals surface area contributed by atoms with E-state index in [0.717, 1.165) is 16.9 Å². The number of aliphatic hydroxyl groups is 4. The van der Waals surface area contributed by atoms with Gasteiger partial charge in [0.25, 0.3) is 0 Å². The summed E-state index contributed by atoms with van der Waals surface area (Å²) in [4.78, 5) is 0. The number of hydrogen-bond acceptors (Lipinski definition) is 7. The second kappa shape index (κ2) is 9.65. The zero-order chi connectivity index (χ0) is 23.7. The molecule has 0 radical (unpaired) electrons. The topological polar surface area (TPSA) is 109 Å². The molecule has 32 heavy (non-hydrogen) atoms. The van der Waals surface area contributed by atoms with Gasteiger partial charge in [0.05, 0.1) is 19.3 Å². The number of halogens is 1. The number of ether oxygens (including phenoxy) is 3. The molecule has 2 saturated heterocycles. The van der Waals surface area contributed by atoms with Gasteiger partial charge in [-0.1, -0.05) is 42.0 Å². The van der Waals surface area contributed by atoms with Crippen molar-refractivity contribution in [2.24, 2.45) is 0 Å². The Balaban J connectivity index is 1.76. The molecule has 4 N–H and O–H groups in total. The molecule has 2 aliphatic rings. The van der Waals surface area contributed by atoms with Crippen LogP contribution in [-0.4, -0.2) is 69.4 Å². The molecule has 0 amide bonds. The fraction of sp³-hybridized carbons (Fsp3) is 0.500. The van der Waals surface area contributed by atoms with E-state index >= 15 is 0 Å². The van der Waals surface area contributed by atoms with Gasteiger partial charge >= 0.3 is 0 Å². The Morgan fingerprint density at radius 2 is 1.91 bits per heavy atom. The van der Waals surface area contributed by atoms with E-state index in [1.807, 2.05) is 38.1 Å². The zero-order valence-electron chi connectivity index (χ0n) is 18.5. The highest BCUT2D eigenvalue weighted by Crippen LogP contribution is 2.48. The zero-order valence-corrected chi connectivity index (χ0v) is 19.2. The molecule has 0 spiro atoms. The Hall–Kier alpha value is -1.71. The van der Waals surface area contributed by atoms with E-state index in [9.17, 15) is 20.4 Å². The Labute approximate surface area is 193 Å². The Kier molecular flexibility index (Phi) is 7.51. The van der Waals surface area contributed by atoms with E-state index in [1.54, 1.807) is 6.08 Å². The van der Waals surface area contributed by atoms with Crippen molar-refractivity contribution in [3.05, 3.63) is 64.7 Å². The summed E-state index contributed by atoms with van der Waals surface area (Å²) in [5.41, 5.74) is 0.603. The van der Waals surface area contributed by atoms with Crippen molar-refractivity contribution in [3.63, 3.8) is 0 Å². The quantitative estimate of drug-likeness (QED) is 0.435. The maximum atomic E-state index is 10.6. The summed E-state index contributed by atoms with van der Waals surface area (Å²) in [5.74, 6) is -0.991. The van der Waals surface area contributed by atoms with Gasteiger partial charge in [-0.25, -0.2) is 0 Å². The normalized spacial score (nSPS) is 33.8. The molecule has 3 rings (SSSR count). The number of hydrogen-bond donors (Lipinski definition) is 4. The minimum atomic E-state index is -1.80. The Morgan fingerprint density at radius 1 is 1.25 bits per heavy atom. The van der Waals surface area contributed by atoms with Crippen molar-refractivity contribution in [1.29, 1.82) is 0 Å². The minimum Gasteiger partial charge on any atom is -0.494 e. The van der Waals surface area contributed by atoms with Crippen molar-refractivity contribution in [1.82, 2.24) is 0 Å². The second-order valence-corrected chi connectivity index (χ2v) is 8.72. The molecule has 176 valence electrons. The first-order valence-corrected chi connectivity index (χ1v) is 11.0. The van der Waals surface area contributed by atoms with Crippen molar-refractivity contribution >= 4 is 11.6 Å². The van der Waals surface area contributed by atoms with E-state index < -0.39 is 35.8 Å². The predicted octanol–water partition coefficient (Wildman–Crippen LogP) is 2.21. The molecule has 7 nitrogen and oxygen atoms in total. The largest absolute Gasteiger partial charge is 0.494 e. The van der Waals surface area contributed by atoms with Crippen LogP contribution in [0.4, 0.5) is 0 Å². The number of aliphatic hydroxyl groups excluding tert-OH is 4. The van der Waals surface area contributed by atoms with Crippen molar-refractivity contribution in [2.75, 3.05) is 13.2 Å². The predicted molar refractivity (Wildman–Crippen MR) is 120 cm³/mol. The van der Waals surface area contributed by atoms with E-state index in [1.165, 1.54) is 13.0 Å². The molecule has 0 saturated carbocycles. The first kappa shape index (κ1) is 24.9. The van der Waals surface area contributed by atoms with Crippen LogP contribution in [0.25, 0.3) is 0 Å². The highest BCUT2D eigenvalue weighted by atomic mass is 35.5. The smallest absolute Gasteiger partial charge is 0.224 e. The van der Waals surface area contributed by atoms with Gasteiger partial charge in [-0.15, -0.1) is 0 Å². The molecule has 1 aromatic carbocycles. The monoisotopic (exact) mass is 466 g/mol. The van der Waals surface area contributed by atoms with Gasteiger partial charge in [0.2, 0.25) is 5.79 Å². The van der Waals surface area contributed by atoms with Crippen LogP contribution in [0, 0.1) is 0 Å². The van der Waals surface area contributed by atoms with E-state index in [4.69, 9.17) is 25.8 Å². The summed E-state index contributed by atoms with van der Waals surface area (Å²) in [5, 5.41) is 42.0. The fourth-order valence-corrected chi connectivity index (χ4v) is 4.16. The van der Waals surface area contributed by atoms with Crippen LogP contribution >= 0.6 is 11.6 Å². The van der Waals surface area contributed by atoms with Crippen LogP contribution in [0.15, 0.2) is 59.2 Å². The molecule has 0 unspecified atom stereocenters. The fourth-order valence-electron chi connectivity index (χ4n) is 4.03. The van der Waals surface area contributed by atoms with Gasteiger partial charge in [-0.3, -0.25) is 0 Å². The SMILES string of the molecule is C=C(/C=C\C(Cl)=C(/C)Cc1ccc(OCC)cc1)[C@]12OC[C@]([C@@H](C)O)(O1)[C@@H](O)[C@H](O)[C@H]2O. The standard InChI is InChI=1S/C24H31ClO7/c1-5-30-18-9-7-17(8-10-18)12-14(2)19(25)11-6-15(3)24-22(29)20(27)21(28)23(32-24,13-31-24)16(4)26/h6-11,16,20-22,26-29H,3,5,12-13H2,1-2,4H3/b11-6-,19-14-/t16-,20+,21+,22-,23-,24+/m1/s1. The first-order chi connectivity index (χ1) is 15.1. The highest BCUT2D eigenvalue weighted by molar-refractivity contribution is 6.31. The summed E-state index contributed by atoms with van der Waals surface area (Å²) in [6.07, 6.45) is -2.09. The molecular formula is C24H31ClO7. The molecule has 8 heteroatoms. The molecule has 2 fully saturated rings. The average molecular weight is 467 g/mol. The van der Waals surface area contributed by atoms with E-state index in [0.29, 0.717) is 18.1 Å². The maximum absolute atomic E-state index is 10.6. The van der Waals surface area contributed by atoms with Crippen LogP contribution in [0.5, 0.6) is 5.75 Å². The Bertz CT molecular complexity index is 894. The van der Waals surface area contributed by atoms with Crippen LogP contribution in [0.1, 0.15) is 26.3 Å². The lowest BCUT2D eigenvalue weighted by atomic mass is 9.81. The summed E-state index contributed by atoms with van der Waals surface area (Å²) < 4.78 is 17.0. The second-order valence-electron chi connectivity index (χ2n) is 8.31. The third-order valence-corrected chi connectivity index (χ3v) is 6.54. The van der Waals surface area contributed by atoms with Gasteiger partial charge in [0.15, 0.2) is 0 Å². The molecule has 2 aliphatic heterocycles. The number of allylic oxidation sites excluding steroid dienone is 3.